The highest BCUT2D eigenvalue weighted by molar-refractivity contribution is 7.99. The van der Waals surface area contributed by atoms with Crippen molar-refractivity contribution in [1.29, 1.82) is 0 Å². The van der Waals surface area contributed by atoms with E-state index in [0.717, 1.165) is 5.75 Å². The first kappa shape index (κ1) is 18.8. The molecular formula is C20H22N2O2S. The molecule has 0 aliphatic rings. The minimum atomic E-state index is -0.236. The molecule has 2 N–H and O–H groups in total. The maximum absolute atomic E-state index is 12.4. The zero-order valence-electron chi connectivity index (χ0n) is 14.2. The third kappa shape index (κ3) is 5.80. The van der Waals surface area contributed by atoms with Crippen molar-refractivity contribution in [1.82, 2.24) is 5.32 Å². The summed E-state index contributed by atoms with van der Waals surface area (Å²) in [6, 6.07) is 17.0. The molecule has 1 atom stereocenters. The van der Waals surface area contributed by atoms with Crippen molar-refractivity contribution in [2.24, 2.45) is 0 Å². The van der Waals surface area contributed by atoms with Gasteiger partial charge in [0.25, 0.3) is 5.91 Å². The van der Waals surface area contributed by atoms with Gasteiger partial charge in [0, 0.05) is 12.3 Å². The highest BCUT2D eigenvalue weighted by atomic mass is 32.2. The highest BCUT2D eigenvalue weighted by Crippen LogP contribution is 2.21. The van der Waals surface area contributed by atoms with Gasteiger partial charge in [-0.2, -0.15) is 0 Å². The molecule has 0 aliphatic carbocycles. The predicted molar refractivity (Wildman–Crippen MR) is 105 cm³/mol. The van der Waals surface area contributed by atoms with Gasteiger partial charge in [0.2, 0.25) is 5.91 Å². The molecule has 0 saturated heterocycles. The number of amides is 2. The van der Waals surface area contributed by atoms with Crippen molar-refractivity contribution < 1.29 is 9.59 Å². The topological polar surface area (TPSA) is 58.2 Å². The largest absolute Gasteiger partial charge is 0.349 e. The third-order valence-electron chi connectivity index (χ3n) is 3.55. The Labute approximate surface area is 152 Å². The van der Waals surface area contributed by atoms with Gasteiger partial charge in [0.15, 0.2) is 0 Å². The molecule has 2 aromatic rings. The summed E-state index contributed by atoms with van der Waals surface area (Å²) in [5.74, 6) is 0.405. The second-order valence-corrected chi connectivity index (χ2v) is 6.80. The van der Waals surface area contributed by atoms with Crippen LogP contribution in [-0.4, -0.2) is 23.6 Å². The summed E-state index contributed by atoms with van der Waals surface area (Å²) in [6.45, 7) is 5.82. The summed E-state index contributed by atoms with van der Waals surface area (Å²) in [7, 11) is 0. The Morgan fingerprint density at radius 1 is 1.12 bits per heavy atom. The average Bonchev–Trinajstić information content (AvgIpc) is 2.65. The number of carbonyl (C=O) groups excluding carboxylic acids is 2. The lowest BCUT2D eigenvalue weighted by molar-refractivity contribution is -0.115. The molecule has 130 valence electrons. The Bertz CT molecular complexity index is 731. The minimum Gasteiger partial charge on any atom is -0.349 e. The van der Waals surface area contributed by atoms with Crippen LogP contribution in [0.15, 0.2) is 67.3 Å². The van der Waals surface area contributed by atoms with Gasteiger partial charge in [-0.1, -0.05) is 48.5 Å². The molecule has 0 radical (unpaired) electrons. The number of thioether (sulfide) groups is 1. The zero-order chi connectivity index (χ0) is 18.1. The fourth-order valence-electron chi connectivity index (χ4n) is 2.16. The van der Waals surface area contributed by atoms with Gasteiger partial charge in [0.1, 0.15) is 0 Å². The summed E-state index contributed by atoms with van der Waals surface area (Å²) in [6.07, 6.45) is 1.61. The molecule has 5 heteroatoms. The van der Waals surface area contributed by atoms with Crippen LogP contribution in [-0.2, 0) is 10.5 Å². The lowest BCUT2D eigenvalue weighted by Gasteiger charge is -2.14. The third-order valence-corrected chi connectivity index (χ3v) is 4.76. The summed E-state index contributed by atoms with van der Waals surface area (Å²) >= 11 is 1.56. The lowest BCUT2D eigenvalue weighted by atomic mass is 10.1. The molecule has 2 rings (SSSR count). The molecule has 0 fully saturated rings. The summed E-state index contributed by atoms with van der Waals surface area (Å²) in [5, 5.41) is 5.35. The van der Waals surface area contributed by atoms with Crippen molar-refractivity contribution in [3.8, 4) is 0 Å². The van der Waals surface area contributed by atoms with Gasteiger partial charge in [0.05, 0.1) is 16.5 Å². The monoisotopic (exact) mass is 354 g/mol. The van der Waals surface area contributed by atoms with Crippen LogP contribution >= 0.6 is 11.8 Å². The van der Waals surface area contributed by atoms with E-state index in [1.54, 1.807) is 42.1 Å². The van der Waals surface area contributed by atoms with Gasteiger partial charge in [-0.25, -0.2) is 0 Å². The van der Waals surface area contributed by atoms with E-state index in [2.05, 4.69) is 17.2 Å². The number of para-hydroxylation sites is 1. The second-order valence-electron chi connectivity index (χ2n) is 5.47. The van der Waals surface area contributed by atoms with Crippen molar-refractivity contribution in [3.05, 3.63) is 78.4 Å². The highest BCUT2D eigenvalue weighted by Gasteiger charge is 2.17. The van der Waals surface area contributed by atoms with Crippen LogP contribution in [0, 0.1) is 0 Å². The van der Waals surface area contributed by atoms with Crippen molar-refractivity contribution in [2.75, 3.05) is 11.9 Å². The Morgan fingerprint density at radius 3 is 2.52 bits per heavy atom. The van der Waals surface area contributed by atoms with E-state index in [-0.39, 0.29) is 17.1 Å². The Kier molecular flexibility index (Phi) is 7.29. The number of anilines is 1. The minimum absolute atomic E-state index is 0.120. The van der Waals surface area contributed by atoms with E-state index in [1.807, 2.05) is 37.3 Å². The lowest BCUT2D eigenvalue weighted by Crippen LogP contribution is -2.27. The number of hydrogen-bond donors (Lipinski definition) is 2. The Hall–Kier alpha value is -2.53. The van der Waals surface area contributed by atoms with Gasteiger partial charge in [-0.05, 0) is 24.6 Å². The fourth-order valence-corrected chi connectivity index (χ4v) is 3.00. The predicted octanol–water partition coefficient (Wildman–Crippen LogP) is 3.86. The first-order chi connectivity index (χ1) is 12.1. The fraction of sp³-hybridized carbons (Fsp3) is 0.200. The maximum atomic E-state index is 12.4. The van der Waals surface area contributed by atoms with Crippen molar-refractivity contribution in [2.45, 2.75) is 17.9 Å². The number of nitrogens with one attached hydrogen (secondary N) is 2. The summed E-state index contributed by atoms with van der Waals surface area (Å²) in [4.78, 5) is 24.6. The molecule has 0 unspecified atom stereocenters. The summed E-state index contributed by atoms with van der Waals surface area (Å²) in [5.41, 5.74) is 2.13. The van der Waals surface area contributed by atoms with Gasteiger partial charge in [-0.15, -0.1) is 18.3 Å². The first-order valence-electron chi connectivity index (χ1n) is 8.06. The van der Waals surface area contributed by atoms with E-state index in [0.29, 0.717) is 17.8 Å². The molecule has 2 amide bonds. The molecule has 0 heterocycles. The molecule has 2 aromatic carbocycles. The summed E-state index contributed by atoms with van der Waals surface area (Å²) < 4.78 is 0. The number of rotatable bonds is 8. The van der Waals surface area contributed by atoms with Crippen molar-refractivity contribution >= 4 is 29.3 Å². The quantitative estimate of drug-likeness (QED) is 0.708. The Morgan fingerprint density at radius 2 is 1.80 bits per heavy atom. The molecule has 0 bridgehead atoms. The van der Waals surface area contributed by atoms with Crippen LogP contribution < -0.4 is 10.6 Å². The van der Waals surface area contributed by atoms with Gasteiger partial charge >= 0.3 is 0 Å². The maximum Gasteiger partial charge on any atom is 0.253 e. The van der Waals surface area contributed by atoms with Gasteiger partial charge in [-0.3, -0.25) is 9.59 Å². The van der Waals surface area contributed by atoms with Crippen LogP contribution in [0.25, 0.3) is 0 Å². The molecular weight excluding hydrogens is 332 g/mol. The van der Waals surface area contributed by atoms with E-state index in [1.165, 1.54) is 5.56 Å². The Balaban J connectivity index is 1.97. The number of benzene rings is 2. The van der Waals surface area contributed by atoms with Crippen LogP contribution in [0.2, 0.25) is 0 Å². The van der Waals surface area contributed by atoms with E-state index in [9.17, 15) is 9.59 Å². The molecule has 0 spiro atoms. The van der Waals surface area contributed by atoms with Crippen LogP contribution in [0.3, 0.4) is 0 Å². The first-order valence-corrected chi connectivity index (χ1v) is 9.11. The molecule has 0 aliphatic heterocycles. The molecule has 4 nitrogen and oxygen atoms in total. The SMILES string of the molecule is C=CCNC(=O)c1ccccc1NC(=O)[C@H](C)SCc1ccccc1. The number of carbonyl (C=O) groups is 2. The van der Waals surface area contributed by atoms with E-state index < -0.39 is 0 Å². The zero-order valence-corrected chi connectivity index (χ0v) is 15.0. The van der Waals surface area contributed by atoms with Crippen LogP contribution in [0.1, 0.15) is 22.8 Å². The smallest absolute Gasteiger partial charge is 0.253 e. The van der Waals surface area contributed by atoms with Crippen molar-refractivity contribution in [3.63, 3.8) is 0 Å². The second kappa shape index (κ2) is 9.69. The molecule has 0 saturated carbocycles. The van der Waals surface area contributed by atoms with Crippen LogP contribution in [0.4, 0.5) is 5.69 Å². The normalized spacial score (nSPS) is 11.4. The molecule has 0 aromatic heterocycles. The van der Waals surface area contributed by atoms with E-state index >= 15 is 0 Å². The number of hydrogen-bond acceptors (Lipinski definition) is 3. The average molecular weight is 354 g/mol. The molecule has 25 heavy (non-hydrogen) atoms. The van der Waals surface area contributed by atoms with E-state index in [4.69, 9.17) is 0 Å². The van der Waals surface area contributed by atoms with Gasteiger partial charge < -0.3 is 10.6 Å². The standard InChI is InChI=1S/C20H22N2O2S/c1-3-13-21-20(24)17-11-7-8-12-18(17)22-19(23)15(2)25-14-16-9-5-4-6-10-16/h3-12,15H,1,13-14H2,2H3,(H,21,24)(H,22,23)/t15-/m0/s1. The van der Waals surface area contributed by atoms with Crippen LogP contribution in [0.5, 0.6) is 0 Å².